The molecular formula is C10H13N3O4. The number of hydroxylamine groups is 2. The lowest BCUT2D eigenvalue weighted by molar-refractivity contribution is 0.0526. The van der Waals surface area contributed by atoms with E-state index in [-0.39, 0.29) is 5.96 Å². The van der Waals surface area contributed by atoms with Crippen LogP contribution in [0.3, 0.4) is 0 Å². The minimum Gasteiger partial charge on any atom is -0.462 e. The predicted octanol–water partition coefficient (Wildman–Crippen LogP) is 0.808. The van der Waals surface area contributed by atoms with Gasteiger partial charge in [-0.25, -0.2) is 20.7 Å². The van der Waals surface area contributed by atoms with E-state index in [2.05, 4.69) is 4.99 Å². The molecule has 92 valence electrons. The van der Waals surface area contributed by atoms with Gasteiger partial charge in [0.15, 0.2) is 0 Å². The maximum atomic E-state index is 11.3. The van der Waals surface area contributed by atoms with Crippen LogP contribution in [0, 0.1) is 0 Å². The molecule has 7 heteroatoms. The number of nitrogens with one attached hydrogen (secondary N) is 2. The number of aliphatic imine (C=N–C) groups is 1. The van der Waals surface area contributed by atoms with E-state index in [9.17, 15) is 4.79 Å². The molecule has 1 rings (SSSR count). The molecule has 0 saturated carbocycles. The third kappa shape index (κ3) is 3.74. The van der Waals surface area contributed by atoms with Crippen LogP contribution in [0.5, 0.6) is 0 Å². The van der Waals surface area contributed by atoms with Crippen molar-refractivity contribution in [3.8, 4) is 0 Å². The van der Waals surface area contributed by atoms with Gasteiger partial charge in [-0.2, -0.15) is 0 Å². The summed E-state index contributed by atoms with van der Waals surface area (Å²) in [6, 6.07) is 6.15. The van der Waals surface area contributed by atoms with Gasteiger partial charge in [0.05, 0.1) is 17.9 Å². The topological polar surface area (TPSA) is 103 Å². The van der Waals surface area contributed by atoms with E-state index in [0.717, 1.165) is 0 Å². The van der Waals surface area contributed by atoms with Gasteiger partial charge in [0, 0.05) is 0 Å². The third-order valence-electron chi connectivity index (χ3n) is 1.83. The average Bonchev–Trinajstić information content (AvgIpc) is 2.37. The van der Waals surface area contributed by atoms with E-state index in [4.69, 9.17) is 15.2 Å². The first-order valence-corrected chi connectivity index (χ1v) is 4.87. The first kappa shape index (κ1) is 12.9. The summed E-state index contributed by atoms with van der Waals surface area (Å²) in [6.45, 7) is 2.04. The summed E-state index contributed by atoms with van der Waals surface area (Å²) in [7, 11) is 0. The zero-order valence-electron chi connectivity index (χ0n) is 9.17. The molecule has 0 saturated heterocycles. The number of carbonyl (C=O) groups is 1. The molecule has 1 aromatic rings. The summed E-state index contributed by atoms with van der Waals surface area (Å²) in [5.74, 6) is -0.641. The van der Waals surface area contributed by atoms with Crippen molar-refractivity contribution in [3.05, 3.63) is 29.8 Å². The third-order valence-corrected chi connectivity index (χ3v) is 1.83. The molecule has 0 radical (unpaired) electrons. The molecule has 0 fully saturated rings. The Morgan fingerprint density at radius 3 is 2.35 bits per heavy atom. The number of hydrogen-bond donors (Lipinski definition) is 4. The summed E-state index contributed by atoms with van der Waals surface area (Å²) >= 11 is 0. The summed E-state index contributed by atoms with van der Waals surface area (Å²) in [5, 5.41) is 17.0. The zero-order valence-corrected chi connectivity index (χ0v) is 9.17. The Hall–Kier alpha value is -2.12. The Labute approximate surface area is 97.7 Å². The molecule has 4 N–H and O–H groups in total. The highest BCUT2D eigenvalue weighted by atomic mass is 16.5. The van der Waals surface area contributed by atoms with E-state index in [1.807, 2.05) is 0 Å². The normalized spacial score (nSPS) is 9.35. The minimum absolute atomic E-state index is 0.228. The van der Waals surface area contributed by atoms with Gasteiger partial charge in [-0.15, -0.1) is 0 Å². The molecule has 0 unspecified atom stereocenters. The Morgan fingerprint density at radius 1 is 1.29 bits per heavy atom. The monoisotopic (exact) mass is 239 g/mol. The van der Waals surface area contributed by atoms with Crippen LogP contribution >= 0.6 is 0 Å². The molecule has 17 heavy (non-hydrogen) atoms. The Bertz CT molecular complexity index is 397. The van der Waals surface area contributed by atoms with Crippen molar-refractivity contribution in [3.63, 3.8) is 0 Å². The van der Waals surface area contributed by atoms with Gasteiger partial charge >= 0.3 is 5.97 Å². The highest BCUT2D eigenvalue weighted by Gasteiger charge is 2.05. The summed E-state index contributed by atoms with van der Waals surface area (Å²) < 4.78 is 4.81. The van der Waals surface area contributed by atoms with Crippen molar-refractivity contribution < 1.29 is 19.9 Å². The van der Waals surface area contributed by atoms with Crippen LogP contribution < -0.4 is 11.0 Å². The molecule has 0 aliphatic carbocycles. The minimum atomic E-state index is -0.413. The van der Waals surface area contributed by atoms with Gasteiger partial charge in [0.25, 0.3) is 0 Å². The van der Waals surface area contributed by atoms with Crippen molar-refractivity contribution in [1.29, 1.82) is 0 Å². The highest BCUT2D eigenvalue weighted by molar-refractivity contribution is 5.90. The summed E-state index contributed by atoms with van der Waals surface area (Å²) in [6.07, 6.45) is 0. The van der Waals surface area contributed by atoms with Gasteiger partial charge in [0.1, 0.15) is 0 Å². The first-order valence-electron chi connectivity index (χ1n) is 4.87. The number of ether oxygens (including phenoxy) is 1. The van der Waals surface area contributed by atoms with E-state index in [1.54, 1.807) is 30.0 Å². The van der Waals surface area contributed by atoms with E-state index in [1.165, 1.54) is 12.1 Å². The molecule has 0 bridgehead atoms. The van der Waals surface area contributed by atoms with Gasteiger partial charge < -0.3 is 4.74 Å². The van der Waals surface area contributed by atoms with Gasteiger partial charge in [0.2, 0.25) is 5.96 Å². The number of esters is 1. The highest BCUT2D eigenvalue weighted by Crippen LogP contribution is 2.13. The quantitative estimate of drug-likeness (QED) is 0.269. The number of benzene rings is 1. The van der Waals surface area contributed by atoms with Crippen molar-refractivity contribution in [2.45, 2.75) is 6.92 Å². The van der Waals surface area contributed by atoms with Gasteiger partial charge in [-0.3, -0.25) is 10.4 Å². The fourth-order valence-electron chi connectivity index (χ4n) is 1.09. The van der Waals surface area contributed by atoms with Crippen LogP contribution in [0.1, 0.15) is 17.3 Å². The van der Waals surface area contributed by atoms with E-state index >= 15 is 0 Å². The van der Waals surface area contributed by atoms with Crippen LogP contribution in [0.15, 0.2) is 29.3 Å². The molecule has 0 amide bonds. The van der Waals surface area contributed by atoms with Crippen LogP contribution in [0.2, 0.25) is 0 Å². The van der Waals surface area contributed by atoms with Crippen LogP contribution in [0.4, 0.5) is 5.69 Å². The smallest absolute Gasteiger partial charge is 0.338 e. The van der Waals surface area contributed by atoms with Crippen molar-refractivity contribution in [2.75, 3.05) is 6.61 Å². The average molecular weight is 239 g/mol. The Kier molecular flexibility index (Phi) is 4.92. The molecule has 0 aliphatic rings. The second-order valence-corrected chi connectivity index (χ2v) is 2.95. The van der Waals surface area contributed by atoms with Crippen LogP contribution in [-0.4, -0.2) is 29.0 Å². The molecule has 0 aliphatic heterocycles. The molecular weight excluding hydrogens is 226 g/mol. The summed E-state index contributed by atoms with van der Waals surface area (Å²) in [5.41, 5.74) is 4.16. The first-order chi connectivity index (χ1) is 8.21. The van der Waals surface area contributed by atoms with Crippen LogP contribution in [0.25, 0.3) is 0 Å². The number of guanidine groups is 1. The lowest BCUT2D eigenvalue weighted by Gasteiger charge is -2.03. The molecule has 1 aromatic carbocycles. The SMILES string of the molecule is CCOC(=O)c1ccc(N=C(NO)NO)cc1. The Balaban J connectivity index is 2.81. The standard InChI is InChI=1S/C10H13N3O4/c1-2-17-9(14)7-3-5-8(6-4-7)11-10(12-15)13-16/h3-6,15-16H,2H2,1H3,(H2,11,12,13). The molecule has 0 atom stereocenters. The molecule has 0 heterocycles. The second kappa shape index (κ2) is 6.46. The summed E-state index contributed by atoms with van der Waals surface area (Å²) in [4.78, 5) is 15.1. The number of carbonyl (C=O) groups excluding carboxylic acids is 1. The van der Waals surface area contributed by atoms with Crippen molar-refractivity contribution in [1.82, 2.24) is 11.0 Å². The van der Waals surface area contributed by atoms with E-state index in [0.29, 0.717) is 17.9 Å². The van der Waals surface area contributed by atoms with Gasteiger partial charge in [-0.1, -0.05) is 0 Å². The second-order valence-electron chi connectivity index (χ2n) is 2.95. The van der Waals surface area contributed by atoms with E-state index < -0.39 is 5.97 Å². The molecule has 0 aromatic heterocycles. The number of rotatable bonds is 3. The Morgan fingerprint density at radius 2 is 1.88 bits per heavy atom. The van der Waals surface area contributed by atoms with Gasteiger partial charge in [-0.05, 0) is 31.2 Å². The van der Waals surface area contributed by atoms with Crippen LogP contribution in [-0.2, 0) is 4.74 Å². The van der Waals surface area contributed by atoms with Crippen molar-refractivity contribution in [2.24, 2.45) is 4.99 Å². The predicted molar refractivity (Wildman–Crippen MR) is 59.3 cm³/mol. The largest absolute Gasteiger partial charge is 0.462 e. The zero-order chi connectivity index (χ0) is 12.7. The fraction of sp³-hybridized carbons (Fsp3) is 0.200. The van der Waals surface area contributed by atoms with Crippen molar-refractivity contribution >= 4 is 17.6 Å². The lowest BCUT2D eigenvalue weighted by Crippen LogP contribution is -2.32. The molecule has 7 nitrogen and oxygen atoms in total. The molecule has 0 spiro atoms. The maximum absolute atomic E-state index is 11.3. The number of hydrogen-bond acceptors (Lipinski definition) is 5. The number of nitrogens with zero attached hydrogens (tertiary/aromatic N) is 1. The lowest BCUT2D eigenvalue weighted by atomic mass is 10.2. The fourth-order valence-corrected chi connectivity index (χ4v) is 1.09. The maximum Gasteiger partial charge on any atom is 0.338 e.